The van der Waals surface area contributed by atoms with Crippen LogP contribution in [-0.4, -0.2) is 76.4 Å². The van der Waals surface area contributed by atoms with E-state index in [0.717, 1.165) is 15.3 Å². The summed E-state index contributed by atoms with van der Waals surface area (Å²) >= 11 is 1.57. The van der Waals surface area contributed by atoms with Gasteiger partial charge in [0.2, 0.25) is 5.91 Å². The second-order valence-corrected chi connectivity index (χ2v) is 14.0. The van der Waals surface area contributed by atoms with Crippen LogP contribution in [0.25, 0.3) is 21.6 Å². The first-order valence-electron chi connectivity index (χ1n) is 15.5. The second-order valence-electron chi connectivity index (χ2n) is 13.0. The number of ether oxygens (including phenoxy) is 4. The normalized spacial score (nSPS) is 22.4. The quantitative estimate of drug-likeness (QED) is 0.212. The van der Waals surface area contributed by atoms with Crippen LogP contribution in [-0.2, 0) is 19.1 Å². The van der Waals surface area contributed by atoms with Gasteiger partial charge in [0.15, 0.2) is 0 Å². The number of nitrogens with one attached hydrogen (secondary N) is 1. The van der Waals surface area contributed by atoms with E-state index < -0.39 is 41.3 Å². The topological polar surface area (TPSA) is 129 Å². The van der Waals surface area contributed by atoms with E-state index in [1.54, 1.807) is 52.2 Å². The number of carbonyl (C=O) groups is 3. The third-order valence-electron chi connectivity index (χ3n) is 8.06. The van der Waals surface area contributed by atoms with E-state index in [-0.39, 0.29) is 25.5 Å². The van der Waals surface area contributed by atoms with Crippen molar-refractivity contribution in [3.63, 3.8) is 0 Å². The zero-order valence-electron chi connectivity index (χ0n) is 27.4. The Morgan fingerprint density at radius 3 is 2.61 bits per heavy atom. The van der Waals surface area contributed by atoms with E-state index >= 15 is 0 Å². The highest BCUT2D eigenvalue weighted by atomic mass is 32.1. The third kappa shape index (κ3) is 6.81. The Morgan fingerprint density at radius 1 is 1.24 bits per heavy atom. The molecule has 3 heterocycles. The Morgan fingerprint density at radius 2 is 2.00 bits per heavy atom. The molecule has 1 saturated carbocycles. The van der Waals surface area contributed by atoms with Crippen LogP contribution >= 0.6 is 11.3 Å². The molecule has 0 radical (unpaired) electrons. The Bertz CT molecular complexity index is 1650. The molecule has 1 N–H and O–H groups in total. The molecule has 0 bridgehead atoms. The van der Waals surface area contributed by atoms with Crippen molar-refractivity contribution in [3.8, 4) is 22.2 Å². The number of carbonyl (C=O) groups excluding carboxylic acids is 3. The van der Waals surface area contributed by atoms with Crippen molar-refractivity contribution in [2.45, 2.75) is 83.6 Å². The SMILES string of the molecule is C=C[C@@H]1C[C@]1(NC(=O)[C@@H]1C[C@@H](Oc2cc(-c3ncc(C(C)C)s3)nc3cc(OC)ccc23)CN1C(=O)OC(C)(C)C)C(=O)OCC. The highest BCUT2D eigenvalue weighted by Crippen LogP contribution is 2.46. The maximum absolute atomic E-state index is 13.8. The monoisotopic (exact) mass is 650 g/mol. The fourth-order valence-corrected chi connectivity index (χ4v) is 6.46. The molecule has 1 aliphatic heterocycles. The molecule has 246 valence electrons. The predicted octanol–water partition coefficient (Wildman–Crippen LogP) is 5.87. The van der Waals surface area contributed by atoms with E-state index in [1.165, 1.54) is 4.90 Å². The first-order chi connectivity index (χ1) is 21.8. The lowest BCUT2D eigenvalue weighted by Gasteiger charge is -2.28. The van der Waals surface area contributed by atoms with Gasteiger partial charge in [-0.2, -0.15) is 0 Å². The van der Waals surface area contributed by atoms with Gasteiger partial charge in [0, 0.05) is 40.9 Å². The summed E-state index contributed by atoms with van der Waals surface area (Å²) in [5, 5.41) is 4.39. The van der Waals surface area contributed by atoms with Gasteiger partial charge in [0.25, 0.3) is 0 Å². The molecule has 4 atom stereocenters. The number of nitrogens with zero attached hydrogens (tertiary/aromatic N) is 3. The standard InChI is InChI=1S/C34H42N4O7S/c1-9-20-16-34(20,31(40)43-10-2)37-29(39)26-14-22(18-38(26)32(41)45-33(5,6)7)44-27-15-25(30-35-17-28(46-30)19(3)4)36-24-13-21(42-8)11-12-23(24)27/h9,11-13,15,17,19-20,22,26H,1,10,14,16,18H2,2-8H3,(H,37,39)/t20-,22-,26+,34-/m1/s1. The van der Waals surface area contributed by atoms with Crippen molar-refractivity contribution in [1.29, 1.82) is 0 Å². The van der Waals surface area contributed by atoms with Gasteiger partial charge in [-0.15, -0.1) is 17.9 Å². The second kappa shape index (κ2) is 12.9. The van der Waals surface area contributed by atoms with E-state index in [9.17, 15) is 14.4 Å². The summed E-state index contributed by atoms with van der Waals surface area (Å²) in [5.41, 5.74) is -0.689. The van der Waals surface area contributed by atoms with Gasteiger partial charge >= 0.3 is 12.1 Å². The summed E-state index contributed by atoms with van der Waals surface area (Å²) < 4.78 is 23.0. The number of amides is 2. The number of rotatable bonds is 10. The predicted molar refractivity (Wildman–Crippen MR) is 175 cm³/mol. The number of hydrogen-bond donors (Lipinski definition) is 1. The molecule has 2 aliphatic rings. The molecule has 12 heteroatoms. The largest absolute Gasteiger partial charge is 0.497 e. The van der Waals surface area contributed by atoms with Crippen LogP contribution < -0.4 is 14.8 Å². The van der Waals surface area contributed by atoms with Crippen molar-refractivity contribution in [1.82, 2.24) is 20.2 Å². The van der Waals surface area contributed by atoms with Crippen molar-refractivity contribution >= 4 is 40.2 Å². The molecule has 1 saturated heterocycles. The fraction of sp³-hybridized carbons (Fsp3) is 0.500. The minimum Gasteiger partial charge on any atom is -0.497 e. The number of hydrogen-bond acceptors (Lipinski definition) is 10. The first kappa shape index (κ1) is 33.2. The average Bonchev–Trinajstić information content (AvgIpc) is 3.31. The Labute approximate surface area is 273 Å². The molecule has 2 aromatic heterocycles. The number of methoxy groups -OCH3 is 1. The highest BCUT2D eigenvalue weighted by molar-refractivity contribution is 7.15. The van der Waals surface area contributed by atoms with Crippen LogP contribution in [0.1, 0.15) is 65.2 Å². The van der Waals surface area contributed by atoms with Crippen molar-refractivity contribution < 1.29 is 33.3 Å². The maximum Gasteiger partial charge on any atom is 0.411 e. The van der Waals surface area contributed by atoms with Crippen LogP contribution in [0, 0.1) is 5.92 Å². The summed E-state index contributed by atoms with van der Waals surface area (Å²) in [7, 11) is 1.60. The fourth-order valence-electron chi connectivity index (χ4n) is 5.58. The molecule has 0 spiro atoms. The smallest absolute Gasteiger partial charge is 0.411 e. The summed E-state index contributed by atoms with van der Waals surface area (Å²) in [5.74, 6) is 0.242. The van der Waals surface area contributed by atoms with E-state index in [1.807, 2.05) is 30.5 Å². The lowest BCUT2D eigenvalue weighted by molar-refractivity contribution is -0.149. The first-order valence-corrected chi connectivity index (χ1v) is 16.3. The molecule has 2 amide bonds. The van der Waals surface area contributed by atoms with Gasteiger partial charge in [-0.25, -0.2) is 19.6 Å². The zero-order chi connectivity index (χ0) is 33.4. The number of fused-ring (bicyclic) bond motifs is 1. The number of thiazole rings is 1. The summed E-state index contributed by atoms with van der Waals surface area (Å²) in [6, 6.07) is 6.43. The van der Waals surface area contributed by atoms with E-state index in [2.05, 4.69) is 30.7 Å². The number of esters is 1. The van der Waals surface area contributed by atoms with Crippen LogP contribution in [0.15, 0.2) is 43.1 Å². The van der Waals surface area contributed by atoms with Gasteiger partial charge in [0.05, 0.1) is 25.8 Å². The van der Waals surface area contributed by atoms with Crippen molar-refractivity contribution in [3.05, 3.63) is 48.0 Å². The van der Waals surface area contributed by atoms with Crippen LogP contribution in [0.2, 0.25) is 0 Å². The molecule has 2 fully saturated rings. The molecular weight excluding hydrogens is 608 g/mol. The summed E-state index contributed by atoms with van der Waals surface area (Å²) in [6.45, 7) is 15.3. The zero-order valence-corrected chi connectivity index (χ0v) is 28.2. The van der Waals surface area contributed by atoms with Crippen LogP contribution in [0.3, 0.4) is 0 Å². The Kier molecular flexibility index (Phi) is 9.30. The number of benzene rings is 1. The van der Waals surface area contributed by atoms with Crippen LogP contribution in [0.5, 0.6) is 11.5 Å². The van der Waals surface area contributed by atoms with Crippen molar-refractivity contribution in [2.75, 3.05) is 20.3 Å². The average molecular weight is 651 g/mol. The van der Waals surface area contributed by atoms with Crippen LogP contribution in [0.4, 0.5) is 4.79 Å². The molecule has 11 nitrogen and oxygen atoms in total. The van der Waals surface area contributed by atoms with Gasteiger partial charge in [0.1, 0.15) is 45.5 Å². The number of likely N-dealkylation sites (tertiary alicyclic amines) is 1. The molecule has 5 rings (SSSR count). The molecule has 1 aromatic carbocycles. The number of aromatic nitrogens is 2. The Balaban J connectivity index is 1.47. The van der Waals surface area contributed by atoms with Gasteiger partial charge in [-0.3, -0.25) is 9.69 Å². The lowest BCUT2D eigenvalue weighted by atomic mass is 10.1. The summed E-state index contributed by atoms with van der Waals surface area (Å²) in [6.07, 6.45) is 2.84. The molecule has 3 aromatic rings. The van der Waals surface area contributed by atoms with Gasteiger partial charge < -0.3 is 24.3 Å². The van der Waals surface area contributed by atoms with Gasteiger partial charge in [-0.05, 0) is 52.2 Å². The maximum atomic E-state index is 13.8. The number of pyridine rings is 1. The minimum absolute atomic E-state index is 0.0916. The molecule has 1 aliphatic carbocycles. The van der Waals surface area contributed by atoms with E-state index in [0.29, 0.717) is 35.0 Å². The van der Waals surface area contributed by atoms with Crippen molar-refractivity contribution in [2.24, 2.45) is 5.92 Å². The Hall–Kier alpha value is -4.19. The minimum atomic E-state index is -1.20. The lowest BCUT2D eigenvalue weighted by Crippen LogP contribution is -2.53. The van der Waals surface area contributed by atoms with Gasteiger partial charge in [-0.1, -0.05) is 19.9 Å². The highest BCUT2D eigenvalue weighted by Gasteiger charge is 2.62. The van der Waals surface area contributed by atoms with E-state index in [4.69, 9.17) is 23.9 Å². The molecule has 0 unspecified atom stereocenters. The molecule has 46 heavy (non-hydrogen) atoms. The third-order valence-corrected chi connectivity index (χ3v) is 9.38. The molecular formula is C34H42N4O7S. The summed E-state index contributed by atoms with van der Waals surface area (Å²) in [4.78, 5) is 52.1.